The predicted molar refractivity (Wildman–Crippen MR) is 139 cm³/mol. The number of rotatable bonds is 10. The number of aromatic nitrogens is 3. The van der Waals surface area contributed by atoms with Crippen LogP contribution in [0.15, 0.2) is 30.4 Å². The van der Waals surface area contributed by atoms with Crippen LogP contribution in [-0.4, -0.2) is 64.3 Å². The summed E-state index contributed by atoms with van der Waals surface area (Å²) in [5.74, 6) is -4.81. The molecule has 3 heterocycles. The van der Waals surface area contributed by atoms with Crippen LogP contribution in [0.1, 0.15) is 20.7 Å². The van der Waals surface area contributed by atoms with Gasteiger partial charge in [0.25, 0.3) is 5.91 Å². The normalized spacial score (nSPS) is 16.4. The molecule has 17 heteroatoms. The highest BCUT2D eigenvalue weighted by Gasteiger charge is 2.42. The van der Waals surface area contributed by atoms with Crippen molar-refractivity contribution >= 4 is 42.8 Å². The third kappa shape index (κ3) is 6.15. The van der Waals surface area contributed by atoms with E-state index in [9.17, 15) is 19.1 Å². The molecule has 3 aromatic rings. The fourth-order valence-electron chi connectivity index (χ4n) is 3.32. The summed E-state index contributed by atoms with van der Waals surface area (Å²) in [7, 11) is -1.66. The third-order valence-corrected chi connectivity index (χ3v) is 5.38. The molecular weight excluding hydrogens is 554 g/mol. The number of phosphoric ester groups is 1. The highest BCUT2D eigenvalue weighted by atomic mass is 31.2. The molecule has 0 unspecified atom stereocenters. The van der Waals surface area contributed by atoms with Crippen LogP contribution in [0, 0.1) is 5.82 Å². The maximum atomic E-state index is 15.0. The van der Waals surface area contributed by atoms with Crippen LogP contribution in [-0.2, 0) is 13.9 Å². The number of nitrogens with zero attached hydrogens (tertiary/aromatic N) is 4. The zero-order valence-electron chi connectivity index (χ0n) is 26.5. The Morgan fingerprint density at radius 1 is 1.15 bits per heavy atom. The number of pyridine rings is 1. The monoisotopic (exact) mass is 585 g/mol. The van der Waals surface area contributed by atoms with Crippen molar-refractivity contribution in [2.24, 2.45) is 0 Å². The zero-order chi connectivity index (χ0) is 33.6. The maximum Gasteiger partial charge on any atom is 0.471 e. The van der Waals surface area contributed by atoms with E-state index in [1.165, 1.54) is 47.3 Å². The van der Waals surface area contributed by atoms with Crippen LogP contribution >= 0.6 is 7.82 Å². The number of halogens is 1. The van der Waals surface area contributed by atoms with E-state index in [-0.39, 0.29) is 51.5 Å². The number of hydrogen-bond donors (Lipinski definition) is 4. The SMILES string of the molecule is [2H]c1nc(Nc2c([2H])c(OC)c(OC)c(OC)c2[2H])nc(Nc2ccc3c(n2)N(C([2H])([2H])OP(=O)(O)O)C(=O)C(C)(C)O3)c1F. The number of carbonyl (C=O) groups excluding carboxylic acids is 1. The summed E-state index contributed by atoms with van der Waals surface area (Å²) >= 11 is 0. The Balaban J connectivity index is 1.77. The quantitative estimate of drug-likeness (QED) is 0.254. The minimum absolute atomic E-state index is 0.0296. The van der Waals surface area contributed by atoms with Gasteiger partial charge in [-0.15, -0.1) is 0 Å². The van der Waals surface area contributed by atoms with Crippen LogP contribution < -0.4 is 34.5 Å². The Bertz CT molecular complexity index is 1700. The molecular formula is C23H26FN6O9P. The number of amides is 1. The molecule has 0 aliphatic carbocycles. The Labute approximate surface area is 234 Å². The number of phosphoric acid groups is 1. The summed E-state index contributed by atoms with van der Waals surface area (Å²) in [6, 6.07) is 1.70. The van der Waals surface area contributed by atoms with E-state index in [1.807, 2.05) is 0 Å². The lowest BCUT2D eigenvalue weighted by atomic mass is 10.1. The van der Waals surface area contributed by atoms with Crippen molar-refractivity contribution < 1.29 is 53.9 Å². The fraction of sp³-hybridized carbons (Fsp3) is 0.304. The molecule has 0 saturated carbocycles. The number of anilines is 5. The lowest BCUT2D eigenvalue weighted by molar-refractivity contribution is -0.133. The molecule has 0 saturated heterocycles. The van der Waals surface area contributed by atoms with Crippen LogP contribution in [0.3, 0.4) is 0 Å². The van der Waals surface area contributed by atoms with Gasteiger partial charge in [-0.1, -0.05) is 0 Å². The number of methoxy groups -OCH3 is 3. The minimum atomic E-state index is -5.47. The number of nitrogens with one attached hydrogen (secondary N) is 2. The van der Waals surface area contributed by atoms with Gasteiger partial charge < -0.3 is 39.4 Å². The molecule has 40 heavy (non-hydrogen) atoms. The molecule has 1 aliphatic heterocycles. The first-order chi connectivity index (χ1) is 20.8. The lowest BCUT2D eigenvalue weighted by Crippen LogP contribution is -2.53. The van der Waals surface area contributed by atoms with E-state index in [0.29, 0.717) is 0 Å². The van der Waals surface area contributed by atoms with E-state index in [2.05, 4.69) is 30.1 Å². The zero-order valence-corrected chi connectivity index (χ0v) is 22.4. The van der Waals surface area contributed by atoms with Crippen molar-refractivity contribution in [3.63, 3.8) is 0 Å². The summed E-state index contributed by atoms with van der Waals surface area (Å²) < 4.78 is 93.1. The average Bonchev–Trinajstić information content (AvgIpc) is 2.92. The van der Waals surface area contributed by atoms with Crippen molar-refractivity contribution in [2.75, 3.05) is 43.5 Å². The second kappa shape index (κ2) is 11.1. The summed E-state index contributed by atoms with van der Waals surface area (Å²) in [5.41, 5.74) is -1.95. The standard InChI is InChI=1S/C23H26FN6O9P/c1-23(2)21(31)30(11-38-40(32,33)34)20-14(39-23)6-7-17(28-20)27-19-13(24)10-25-22(29-19)26-12-8-15(35-3)18(37-5)16(9-12)36-4/h6-10H,11H2,1-5H3,(H2,32,33,34)(H2,25,26,27,28,29)/i8D,9D,10D,11D2. The molecule has 4 rings (SSSR count). The van der Waals surface area contributed by atoms with Gasteiger partial charge in [-0.05, 0) is 26.0 Å². The van der Waals surface area contributed by atoms with Crippen LogP contribution in [0.25, 0.3) is 0 Å². The summed E-state index contributed by atoms with van der Waals surface area (Å²) in [6.07, 6.45) is -0.924. The topological polar surface area (TPSA) is 187 Å². The molecule has 0 bridgehead atoms. The highest BCUT2D eigenvalue weighted by molar-refractivity contribution is 7.46. The maximum absolute atomic E-state index is 15.0. The smallest absolute Gasteiger partial charge is 0.471 e. The second-order valence-corrected chi connectivity index (χ2v) is 9.40. The van der Waals surface area contributed by atoms with Gasteiger partial charge in [0.2, 0.25) is 11.7 Å². The largest absolute Gasteiger partial charge is 0.493 e. The van der Waals surface area contributed by atoms with Crippen molar-refractivity contribution in [3.05, 3.63) is 36.2 Å². The van der Waals surface area contributed by atoms with E-state index < -0.39 is 55.6 Å². The lowest BCUT2D eigenvalue weighted by Gasteiger charge is -2.37. The van der Waals surface area contributed by atoms with Gasteiger partial charge >= 0.3 is 7.82 Å². The average molecular weight is 585 g/mol. The van der Waals surface area contributed by atoms with Crippen molar-refractivity contribution in [2.45, 2.75) is 19.4 Å². The molecule has 2 aromatic heterocycles. The Morgan fingerprint density at radius 3 is 2.42 bits per heavy atom. The summed E-state index contributed by atoms with van der Waals surface area (Å²) in [4.78, 5) is 43.5. The van der Waals surface area contributed by atoms with Crippen molar-refractivity contribution in [3.8, 4) is 23.0 Å². The molecule has 214 valence electrons. The third-order valence-electron chi connectivity index (χ3n) is 5.06. The van der Waals surface area contributed by atoms with Crippen LogP contribution in [0.5, 0.6) is 23.0 Å². The molecule has 0 atom stereocenters. The van der Waals surface area contributed by atoms with Crippen LogP contribution in [0.2, 0.25) is 0 Å². The molecule has 1 amide bonds. The van der Waals surface area contributed by atoms with Gasteiger partial charge in [0.05, 0.1) is 34.4 Å². The Hall–Kier alpha value is -4.24. The Morgan fingerprint density at radius 2 is 1.82 bits per heavy atom. The van der Waals surface area contributed by atoms with Crippen molar-refractivity contribution in [1.29, 1.82) is 0 Å². The highest BCUT2D eigenvalue weighted by Crippen LogP contribution is 2.42. The minimum Gasteiger partial charge on any atom is -0.493 e. The van der Waals surface area contributed by atoms with Crippen LogP contribution in [0.4, 0.5) is 33.5 Å². The number of ether oxygens (including phenoxy) is 4. The number of benzene rings is 1. The van der Waals surface area contributed by atoms with Gasteiger partial charge in [-0.25, -0.2) is 18.9 Å². The number of carbonyl (C=O) groups is 1. The first kappa shape index (κ1) is 22.6. The summed E-state index contributed by atoms with van der Waals surface area (Å²) in [6.45, 7) is -0.861. The van der Waals surface area contributed by atoms with E-state index in [4.69, 9.17) is 25.8 Å². The molecule has 0 radical (unpaired) electrons. The molecule has 1 aromatic carbocycles. The van der Waals surface area contributed by atoms with E-state index >= 15 is 4.39 Å². The van der Waals surface area contributed by atoms with E-state index in [1.54, 1.807) is 0 Å². The van der Waals surface area contributed by atoms with E-state index in [0.717, 1.165) is 0 Å². The van der Waals surface area contributed by atoms with Gasteiger partial charge in [-0.3, -0.25) is 14.2 Å². The molecule has 0 spiro atoms. The molecule has 1 aliphatic rings. The van der Waals surface area contributed by atoms with Crippen molar-refractivity contribution in [1.82, 2.24) is 15.0 Å². The predicted octanol–water partition coefficient (Wildman–Crippen LogP) is 3.09. The van der Waals surface area contributed by atoms with Gasteiger partial charge in [0.1, 0.15) is 12.5 Å². The Kier molecular flexibility index (Phi) is 6.26. The molecule has 4 N–H and O–H groups in total. The first-order valence-electron chi connectivity index (χ1n) is 13.5. The fourth-order valence-corrected chi connectivity index (χ4v) is 3.51. The summed E-state index contributed by atoms with van der Waals surface area (Å²) in [5, 5.41) is 5.04. The van der Waals surface area contributed by atoms with Gasteiger partial charge in [-0.2, -0.15) is 4.98 Å². The molecule has 15 nitrogen and oxygen atoms in total. The van der Waals surface area contributed by atoms with Gasteiger partial charge in [0, 0.05) is 17.8 Å². The van der Waals surface area contributed by atoms with Gasteiger partial charge in [0.15, 0.2) is 40.3 Å². The first-order valence-corrected chi connectivity index (χ1v) is 12.6. The number of fused-ring (bicyclic) bond motifs is 1. The molecule has 0 fully saturated rings. The second-order valence-electron chi connectivity index (χ2n) is 8.24. The number of hydrogen-bond acceptors (Lipinski definition) is 12.